The van der Waals surface area contributed by atoms with Crippen LogP contribution in [0.4, 0.5) is 0 Å². The van der Waals surface area contributed by atoms with Crippen molar-refractivity contribution in [1.29, 1.82) is 0 Å². The molecule has 0 atom stereocenters. The second-order valence-corrected chi connectivity index (χ2v) is 6.93. The molecule has 0 bridgehead atoms. The molecule has 1 saturated heterocycles. The largest absolute Gasteiger partial charge is 0.379 e. The number of aryl methyl sites for hydroxylation is 2. The van der Waals surface area contributed by atoms with Gasteiger partial charge in [-0.3, -0.25) is 9.69 Å². The van der Waals surface area contributed by atoms with Crippen LogP contribution in [0.1, 0.15) is 35.6 Å². The number of hydrogen-bond acceptors (Lipinski definition) is 5. The van der Waals surface area contributed by atoms with Gasteiger partial charge in [0.05, 0.1) is 19.4 Å². The first-order valence-corrected chi connectivity index (χ1v) is 8.31. The number of carbonyl (C=O) groups excluding carboxylic acids is 1. The fraction of sp³-hybridized carbons (Fsp3) is 0.588. The number of hydrogen-bond donors (Lipinski definition) is 1. The Bertz CT molecular complexity index is 747. The number of amides is 1. The molecule has 3 heterocycles. The maximum absolute atomic E-state index is 12.6. The Morgan fingerprint density at radius 1 is 1.33 bits per heavy atom. The van der Waals surface area contributed by atoms with Gasteiger partial charge in [-0.1, -0.05) is 0 Å². The molecule has 0 spiro atoms. The molecule has 0 aromatic carbocycles. The fourth-order valence-electron chi connectivity index (χ4n) is 3.10. The van der Waals surface area contributed by atoms with Crippen LogP contribution in [0.3, 0.4) is 0 Å². The molecule has 0 radical (unpaired) electrons. The number of aromatic nitrogens is 3. The van der Waals surface area contributed by atoms with E-state index in [1.54, 1.807) is 10.7 Å². The first kappa shape index (κ1) is 16.9. The van der Waals surface area contributed by atoms with Crippen LogP contribution < -0.4 is 5.32 Å². The van der Waals surface area contributed by atoms with Gasteiger partial charge >= 0.3 is 0 Å². The molecule has 0 aliphatic carbocycles. The van der Waals surface area contributed by atoms with Crippen LogP contribution in [0.2, 0.25) is 0 Å². The normalized spacial score (nSPS) is 16.5. The zero-order valence-corrected chi connectivity index (χ0v) is 14.8. The van der Waals surface area contributed by atoms with Gasteiger partial charge in [-0.2, -0.15) is 5.10 Å². The van der Waals surface area contributed by atoms with Crippen LogP contribution >= 0.6 is 0 Å². The van der Waals surface area contributed by atoms with E-state index in [9.17, 15) is 4.79 Å². The number of morpholine rings is 1. The number of fused-ring (bicyclic) bond motifs is 1. The van der Waals surface area contributed by atoms with Gasteiger partial charge in [-0.25, -0.2) is 9.50 Å². The second kappa shape index (κ2) is 6.49. The van der Waals surface area contributed by atoms with E-state index in [-0.39, 0.29) is 11.4 Å². The Balaban J connectivity index is 1.73. The van der Waals surface area contributed by atoms with Crippen LogP contribution in [-0.2, 0) is 4.74 Å². The number of rotatable bonds is 4. The Kier molecular flexibility index (Phi) is 4.56. The average molecular weight is 331 g/mol. The third-order valence-corrected chi connectivity index (χ3v) is 4.57. The van der Waals surface area contributed by atoms with Crippen molar-refractivity contribution < 1.29 is 9.53 Å². The molecule has 1 N–H and O–H groups in total. The topological polar surface area (TPSA) is 71.8 Å². The molecule has 1 aliphatic heterocycles. The minimum absolute atomic E-state index is 0.123. The van der Waals surface area contributed by atoms with Gasteiger partial charge in [0.15, 0.2) is 5.65 Å². The van der Waals surface area contributed by atoms with Crippen molar-refractivity contribution in [3.63, 3.8) is 0 Å². The molecule has 0 unspecified atom stereocenters. The quantitative estimate of drug-likeness (QED) is 0.911. The molecule has 1 amide bonds. The van der Waals surface area contributed by atoms with Gasteiger partial charge < -0.3 is 10.1 Å². The summed E-state index contributed by atoms with van der Waals surface area (Å²) < 4.78 is 7.11. The zero-order valence-electron chi connectivity index (χ0n) is 14.8. The lowest BCUT2D eigenvalue weighted by Crippen LogP contribution is -2.55. The van der Waals surface area contributed by atoms with E-state index in [0.29, 0.717) is 17.8 Å². The summed E-state index contributed by atoms with van der Waals surface area (Å²) >= 11 is 0. The number of nitrogens with one attached hydrogen (secondary N) is 1. The summed E-state index contributed by atoms with van der Waals surface area (Å²) in [6.45, 7) is 12.0. The minimum atomic E-state index is -0.135. The second-order valence-electron chi connectivity index (χ2n) is 6.93. The third kappa shape index (κ3) is 3.27. The first-order chi connectivity index (χ1) is 11.4. The van der Waals surface area contributed by atoms with Crippen LogP contribution in [0.25, 0.3) is 5.65 Å². The summed E-state index contributed by atoms with van der Waals surface area (Å²) in [6.07, 6.45) is 1.59. The van der Waals surface area contributed by atoms with E-state index >= 15 is 0 Å². The van der Waals surface area contributed by atoms with Crippen molar-refractivity contribution in [2.75, 3.05) is 32.8 Å². The molecule has 7 heteroatoms. The minimum Gasteiger partial charge on any atom is -0.379 e. The predicted molar refractivity (Wildman–Crippen MR) is 91.3 cm³/mol. The fourth-order valence-corrected chi connectivity index (χ4v) is 3.10. The Labute approximate surface area is 142 Å². The number of ether oxygens (including phenoxy) is 1. The Morgan fingerprint density at radius 3 is 2.75 bits per heavy atom. The SMILES string of the molecule is Cc1cc(C)n2ncc(C(=O)NCC(C)(C)N3CCOCC3)c2n1. The van der Waals surface area contributed by atoms with E-state index in [4.69, 9.17) is 4.74 Å². The smallest absolute Gasteiger partial charge is 0.256 e. The number of carbonyl (C=O) groups is 1. The lowest BCUT2D eigenvalue weighted by atomic mass is 10.0. The highest BCUT2D eigenvalue weighted by molar-refractivity contribution is 5.99. The van der Waals surface area contributed by atoms with E-state index in [1.807, 2.05) is 19.9 Å². The van der Waals surface area contributed by atoms with Crippen molar-refractivity contribution in [3.8, 4) is 0 Å². The van der Waals surface area contributed by atoms with Crippen molar-refractivity contribution >= 4 is 11.6 Å². The van der Waals surface area contributed by atoms with Gasteiger partial charge in [-0.05, 0) is 33.8 Å². The molecule has 2 aromatic rings. The van der Waals surface area contributed by atoms with Crippen LogP contribution in [0, 0.1) is 13.8 Å². The summed E-state index contributed by atoms with van der Waals surface area (Å²) in [5.74, 6) is -0.135. The molecule has 130 valence electrons. The first-order valence-electron chi connectivity index (χ1n) is 8.31. The lowest BCUT2D eigenvalue weighted by molar-refractivity contribution is -0.00922. The standard InChI is InChI=1S/C17H25N5O2/c1-12-9-13(2)22-15(20-12)14(10-19-22)16(23)18-11-17(3,4)21-5-7-24-8-6-21/h9-10H,5-8,11H2,1-4H3,(H,18,23). The summed E-state index contributed by atoms with van der Waals surface area (Å²) in [6, 6.07) is 1.95. The van der Waals surface area contributed by atoms with Crippen LogP contribution in [-0.4, -0.2) is 63.8 Å². The molecular weight excluding hydrogens is 306 g/mol. The molecule has 1 aliphatic rings. The van der Waals surface area contributed by atoms with Gasteiger partial charge in [0, 0.05) is 36.6 Å². The molecule has 7 nitrogen and oxygen atoms in total. The summed E-state index contributed by atoms with van der Waals surface area (Å²) in [5, 5.41) is 7.32. The average Bonchev–Trinajstić information content (AvgIpc) is 2.97. The van der Waals surface area contributed by atoms with Gasteiger partial charge in [0.2, 0.25) is 0 Å². The highest BCUT2D eigenvalue weighted by Gasteiger charge is 2.29. The Hall–Kier alpha value is -1.99. The van der Waals surface area contributed by atoms with Crippen molar-refractivity contribution in [1.82, 2.24) is 24.8 Å². The maximum atomic E-state index is 12.6. The summed E-state index contributed by atoms with van der Waals surface area (Å²) in [5.41, 5.74) is 2.84. The van der Waals surface area contributed by atoms with E-state index < -0.39 is 0 Å². The van der Waals surface area contributed by atoms with Gasteiger partial charge in [0.1, 0.15) is 5.56 Å². The maximum Gasteiger partial charge on any atom is 0.256 e. The van der Waals surface area contributed by atoms with Crippen molar-refractivity contribution in [3.05, 3.63) is 29.2 Å². The van der Waals surface area contributed by atoms with Crippen LogP contribution in [0.5, 0.6) is 0 Å². The molecule has 0 saturated carbocycles. The van der Waals surface area contributed by atoms with Gasteiger partial charge in [-0.15, -0.1) is 0 Å². The molecular formula is C17H25N5O2. The molecule has 2 aromatic heterocycles. The predicted octanol–water partition coefficient (Wildman–Crippen LogP) is 1.19. The molecule has 3 rings (SSSR count). The highest BCUT2D eigenvalue weighted by atomic mass is 16.5. The zero-order chi connectivity index (χ0) is 17.3. The molecule has 24 heavy (non-hydrogen) atoms. The highest BCUT2D eigenvalue weighted by Crippen LogP contribution is 2.16. The van der Waals surface area contributed by atoms with E-state index in [1.165, 1.54) is 0 Å². The summed E-state index contributed by atoms with van der Waals surface area (Å²) in [4.78, 5) is 19.4. The summed E-state index contributed by atoms with van der Waals surface area (Å²) in [7, 11) is 0. The Morgan fingerprint density at radius 2 is 2.04 bits per heavy atom. The van der Waals surface area contributed by atoms with Crippen molar-refractivity contribution in [2.24, 2.45) is 0 Å². The third-order valence-electron chi connectivity index (χ3n) is 4.57. The van der Waals surface area contributed by atoms with Crippen LogP contribution in [0.15, 0.2) is 12.3 Å². The molecule has 1 fully saturated rings. The van der Waals surface area contributed by atoms with E-state index in [0.717, 1.165) is 37.7 Å². The lowest BCUT2D eigenvalue weighted by Gasteiger charge is -2.40. The van der Waals surface area contributed by atoms with Crippen molar-refractivity contribution in [2.45, 2.75) is 33.2 Å². The van der Waals surface area contributed by atoms with Gasteiger partial charge in [0.25, 0.3) is 5.91 Å². The number of nitrogens with zero attached hydrogens (tertiary/aromatic N) is 4. The monoisotopic (exact) mass is 331 g/mol. The van der Waals surface area contributed by atoms with E-state index in [2.05, 4.69) is 34.1 Å².